The van der Waals surface area contributed by atoms with Crippen LogP contribution in [0, 0.1) is 5.82 Å². The minimum atomic E-state index is -3.59. The van der Waals surface area contributed by atoms with Gasteiger partial charge in [-0.2, -0.15) is 0 Å². The summed E-state index contributed by atoms with van der Waals surface area (Å²) in [6, 6.07) is 8.28. The van der Waals surface area contributed by atoms with E-state index in [2.05, 4.69) is 5.32 Å². The molecule has 0 aliphatic heterocycles. The number of sulfone groups is 1. The van der Waals surface area contributed by atoms with Gasteiger partial charge in [-0.15, -0.1) is 0 Å². The average molecular weight is 283 g/mol. The molecule has 0 radical (unpaired) electrons. The first-order chi connectivity index (χ1) is 9.01. The highest BCUT2D eigenvalue weighted by Crippen LogP contribution is 2.18. The third-order valence-corrected chi connectivity index (χ3v) is 4.19. The number of benzene rings is 1. The van der Waals surface area contributed by atoms with Crippen molar-refractivity contribution < 1.29 is 17.2 Å². The van der Waals surface area contributed by atoms with Crippen molar-refractivity contribution in [3.8, 4) is 0 Å². The molecule has 0 aliphatic carbocycles. The normalized spacial score (nSPS) is 11.7. The lowest BCUT2D eigenvalue weighted by atomic mass is 10.4. The fourth-order valence-corrected chi connectivity index (χ4v) is 2.97. The standard InChI is InChI=1S/C13H14FNO3S/c1-15-8-11-5-6-12(18-11)9-19(16,17)13-4-2-3-10(14)7-13/h2-7,15H,8-9H2,1H3. The van der Waals surface area contributed by atoms with Crippen LogP contribution in [0.4, 0.5) is 4.39 Å². The third kappa shape index (κ3) is 3.42. The quantitative estimate of drug-likeness (QED) is 0.913. The Kier molecular flexibility index (Phi) is 4.01. The second kappa shape index (κ2) is 5.54. The lowest BCUT2D eigenvalue weighted by Crippen LogP contribution is -2.05. The lowest BCUT2D eigenvalue weighted by molar-refractivity contribution is 0.465. The fourth-order valence-electron chi connectivity index (χ4n) is 1.70. The van der Waals surface area contributed by atoms with Gasteiger partial charge in [-0.1, -0.05) is 6.07 Å². The summed E-state index contributed by atoms with van der Waals surface area (Å²) >= 11 is 0. The van der Waals surface area contributed by atoms with Crippen LogP contribution < -0.4 is 5.32 Å². The van der Waals surface area contributed by atoms with Gasteiger partial charge in [-0.05, 0) is 37.4 Å². The summed E-state index contributed by atoms with van der Waals surface area (Å²) < 4.78 is 42.6. The zero-order valence-electron chi connectivity index (χ0n) is 10.4. The van der Waals surface area contributed by atoms with Gasteiger partial charge in [0.25, 0.3) is 0 Å². The van der Waals surface area contributed by atoms with Gasteiger partial charge < -0.3 is 9.73 Å². The van der Waals surface area contributed by atoms with E-state index in [-0.39, 0.29) is 10.6 Å². The van der Waals surface area contributed by atoms with Gasteiger partial charge in [0.1, 0.15) is 23.1 Å². The van der Waals surface area contributed by atoms with E-state index in [1.165, 1.54) is 18.2 Å². The number of rotatable bonds is 5. The van der Waals surface area contributed by atoms with Crippen molar-refractivity contribution in [2.75, 3.05) is 7.05 Å². The molecule has 2 rings (SSSR count). The summed E-state index contributed by atoms with van der Waals surface area (Å²) in [7, 11) is -1.82. The first-order valence-corrected chi connectivity index (χ1v) is 7.37. The molecule has 19 heavy (non-hydrogen) atoms. The minimum Gasteiger partial charge on any atom is -0.464 e. The van der Waals surface area contributed by atoms with Crippen molar-refractivity contribution in [3.63, 3.8) is 0 Å². The predicted molar refractivity (Wildman–Crippen MR) is 68.8 cm³/mol. The van der Waals surface area contributed by atoms with Crippen molar-refractivity contribution in [1.29, 1.82) is 0 Å². The molecule has 1 N–H and O–H groups in total. The Bertz CT molecular complexity index is 664. The highest BCUT2D eigenvalue weighted by atomic mass is 32.2. The van der Waals surface area contributed by atoms with Crippen LogP contribution in [0.1, 0.15) is 11.5 Å². The van der Waals surface area contributed by atoms with E-state index in [0.29, 0.717) is 18.1 Å². The second-order valence-electron chi connectivity index (χ2n) is 4.11. The van der Waals surface area contributed by atoms with Crippen LogP contribution in [-0.4, -0.2) is 15.5 Å². The Labute approximate surface area is 111 Å². The summed E-state index contributed by atoms with van der Waals surface area (Å²) in [6.07, 6.45) is 0. The maximum atomic E-state index is 13.0. The van der Waals surface area contributed by atoms with Crippen LogP contribution >= 0.6 is 0 Å². The maximum absolute atomic E-state index is 13.0. The molecular formula is C13H14FNO3S. The van der Waals surface area contributed by atoms with E-state index in [1.807, 2.05) is 0 Å². The number of halogens is 1. The monoisotopic (exact) mass is 283 g/mol. The molecule has 4 nitrogen and oxygen atoms in total. The molecule has 0 aliphatic rings. The molecule has 0 amide bonds. The Balaban J connectivity index is 2.21. The summed E-state index contributed by atoms with van der Waals surface area (Å²) in [5, 5.41) is 2.91. The van der Waals surface area contributed by atoms with Crippen molar-refractivity contribution >= 4 is 9.84 Å². The lowest BCUT2D eigenvalue weighted by Gasteiger charge is -2.02. The van der Waals surface area contributed by atoms with Crippen molar-refractivity contribution in [2.24, 2.45) is 0 Å². The Hall–Kier alpha value is -1.66. The molecule has 0 fully saturated rings. The van der Waals surface area contributed by atoms with Gasteiger partial charge in [0, 0.05) is 0 Å². The number of nitrogens with one attached hydrogen (secondary N) is 1. The molecule has 1 heterocycles. The van der Waals surface area contributed by atoms with Crippen LogP contribution in [-0.2, 0) is 22.1 Å². The summed E-state index contributed by atoms with van der Waals surface area (Å²) in [4.78, 5) is -0.0425. The summed E-state index contributed by atoms with van der Waals surface area (Å²) in [5.74, 6) is 0.151. The maximum Gasteiger partial charge on any atom is 0.185 e. The first kappa shape index (κ1) is 13.8. The van der Waals surface area contributed by atoms with Crippen LogP contribution in [0.25, 0.3) is 0 Å². The van der Waals surface area contributed by atoms with Crippen molar-refractivity contribution in [2.45, 2.75) is 17.2 Å². The van der Waals surface area contributed by atoms with Gasteiger partial charge in [-0.3, -0.25) is 0 Å². The molecular weight excluding hydrogens is 269 g/mol. The molecule has 0 unspecified atom stereocenters. The van der Waals surface area contributed by atoms with Crippen molar-refractivity contribution in [1.82, 2.24) is 5.32 Å². The predicted octanol–water partition coefficient (Wildman–Crippen LogP) is 2.11. The number of furan rings is 1. The minimum absolute atomic E-state index is 0.0425. The number of hydrogen-bond donors (Lipinski definition) is 1. The van der Waals surface area contributed by atoms with E-state index in [1.54, 1.807) is 19.2 Å². The van der Waals surface area contributed by atoms with Gasteiger partial charge in [0.05, 0.1) is 11.4 Å². The first-order valence-electron chi connectivity index (χ1n) is 5.72. The second-order valence-corrected chi connectivity index (χ2v) is 6.10. The molecule has 0 saturated carbocycles. The van der Waals surface area contributed by atoms with E-state index < -0.39 is 15.7 Å². The Morgan fingerprint density at radius 1 is 1.21 bits per heavy atom. The smallest absolute Gasteiger partial charge is 0.185 e. The van der Waals surface area contributed by atoms with Crippen molar-refractivity contribution in [3.05, 3.63) is 53.7 Å². The van der Waals surface area contributed by atoms with Gasteiger partial charge >= 0.3 is 0 Å². The van der Waals surface area contributed by atoms with Crippen LogP contribution in [0.3, 0.4) is 0 Å². The van der Waals surface area contributed by atoms with Crippen LogP contribution in [0.2, 0.25) is 0 Å². The van der Waals surface area contributed by atoms with Gasteiger partial charge in [0.2, 0.25) is 0 Å². The zero-order valence-corrected chi connectivity index (χ0v) is 11.2. The zero-order chi connectivity index (χ0) is 13.9. The molecule has 6 heteroatoms. The SMILES string of the molecule is CNCc1ccc(CS(=O)(=O)c2cccc(F)c2)o1. The molecule has 2 aromatic rings. The van der Waals surface area contributed by atoms with Crippen LogP contribution in [0.5, 0.6) is 0 Å². The molecule has 0 atom stereocenters. The Morgan fingerprint density at radius 3 is 2.63 bits per heavy atom. The van der Waals surface area contributed by atoms with Gasteiger partial charge in [-0.25, -0.2) is 12.8 Å². The van der Waals surface area contributed by atoms with E-state index in [4.69, 9.17) is 4.42 Å². The number of hydrogen-bond acceptors (Lipinski definition) is 4. The molecule has 1 aromatic carbocycles. The molecule has 0 bridgehead atoms. The largest absolute Gasteiger partial charge is 0.464 e. The molecule has 0 spiro atoms. The van der Waals surface area contributed by atoms with E-state index in [9.17, 15) is 12.8 Å². The summed E-state index contributed by atoms with van der Waals surface area (Å²) in [5.41, 5.74) is 0. The third-order valence-electron chi connectivity index (χ3n) is 2.56. The molecule has 102 valence electrons. The van der Waals surface area contributed by atoms with E-state index >= 15 is 0 Å². The van der Waals surface area contributed by atoms with Crippen LogP contribution in [0.15, 0.2) is 45.7 Å². The topological polar surface area (TPSA) is 59.3 Å². The van der Waals surface area contributed by atoms with E-state index in [0.717, 1.165) is 6.07 Å². The van der Waals surface area contributed by atoms with Gasteiger partial charge in [0.15, 0.2) is 9.84 Å². The highest BCUT2D eigenvalue weighted by Gasteiger charge is 2.18. The molecule has 0 saturated heterocycles. The molecule has 1 aromatic heterocycles. The average Bonchev–Trinajstić information content (AvgIpc) is 2.76. The summed E-state index contributed by atoms with van der Waals surface area (Å²) in [6.45, 7) is 0.528. The Morgan fingerprint density at radius 2 is 1.95 bits per heavy atom. The fraction of sp³-hybridized carbons (Fsp3) is 0.231. The highest BCUT2D eigenvalue weighted by molar-refractivity contribution is 7.90.